The second-order valence-electron chi connectivity index (χ2n) is 3.95. The predicted molar refractivity (Wildman–Crippen MR) is 68.1 cm³/mol. The molecule has 3 N–H and O–H groups in total. The Hall–Kier alpha value is -2.75. The zero-order valence-electron chi connectivity index (χ0n) is 10.1. The molecule has 7 heteroatoms. The molecule has 2 rings (SSSR count). The van der Waals surface area contributed by atoms with Gasteiger partial charge < -0.3 is 11.1 Å². The number of nitrogens with zero attached hydrogens (tertiary/aromatic N) is 2. The molecule has 0 atom stereocenters. The second kappa shape index (κ2) is 5.09. The number of aromatic nitrogens is 1. The minimum atomic E-state index is -4.41. The maximum absolute atomic E-state index is 12.6. The highest BCUT2D eigenvalue weighted by atomic mass is 19.4. The molecule has 0 radical (unpaired) electrons. The molecule has 4 nitrogen and oxygen atoms in total. The Balaban J connectivity index is 2.29. The van der Waals surface area contributed by atoms with Crippen LogP contribution in [0.1, 0.15) is 11.3 Å². The van der Waals surface area contributed by atoms with Gasteiger partial charge in [-0.25, -0.2) is 4.98 Å². The number of hydrogen-bond acceptors (Lipinski definition) is 4. The Kier molecular flexibility index (Phi) is 3.48. The Bertz CT molecular complexity index is 674. The van der Waals surface area contributed by atoms with Gasteiger partial charge in [-0.2, -0.15) is 18.4 Å². The SMILES string of the molecule is N#Cc1nc(Nc2cccc(C(F)(F)F)c2)ccc1N. The van der Waals surface area contributed by atoms with Crippen LogP contribution in [0.5, 0.6) is 0 Å². The average Bonchev–Trinajstić information content (AvgIpc) is 2.40. The summed E-state index contributed by atoms with van der Waals surface area (Å²) in [6.07, 6.45) is -4.41. The van der Waals surface area contributed by atoms with Crippen molar-refractivity contribution in [1.29, 1.82) is 5.26 Å². The van der Waals surface area contributed by atoms with Gasteiger partial charge >= 0.3 is 6.18 Å². The summed E-state index contributed by atoms with van der Waals surface area (Å²) in [5.74, 6) is 0.245. The number of nitrogens with one attached hydrogen (secondary N) is 1. The van der Waals surface area contributed by atoms with Gasteiger partial charge in [0.2, 0.25) is 0 Å². The van der Waals surface area contributed by atoms with Crippen molar-refractivity contribution < 1.29 is 13.2 Å². The summed E-state index contributed by atoms with van der Waals surface area (Å²) in [6.45, 7) is 0. The number of nitrogens with two attached hydrogens (primary N) is 1. The Labute approximate surface area is 112 Å². The van der Waals surface area contributed by atoms with Gasteiger partial charge in [-0.3, -0.25) is 0 Å². The van der Waals surface area contributed by atoms with E-state index in [-0.39, 0.29) is 22.9 Å². The van der Waals surface area contributed by atoms with Crippen LogP contribution in [0.25, 0.3) is 0 Å². The minimum Gasteiger partial charge on any atom is -0.396 e. The van der Waals surface area contributed by atoms with Crippen LogP contribution in [0, 0.1) is 11.3 Å². The van der Waals surface area contributed by atoms with E-state index in [9.17, 15) is 13.2 Å². The molecular formula is C13H9F3N4. The fourth-order valence-electron chi connectivity index (χ4n) is 1.55. The average molecular weight is 278 g/mol. The van der Waals surface area contributed by atoms with E-state index in [0.29, 0.717) is 0 Å². The van der Waals surface area contributed by atoms with Gasteiger partial charge in [0, 0.05) is 5.69 Å². The number of alkyl halides is 3. The van der Waals surface area contributed by atoms with E-state index in [1.54, 1.807) is 6.07 Å². The van der Waals surface area contributed by atoms with Gasteiger partial charge in [0.25, 0.3) is 0 Å². The Morgan fingerprint density at radius 1 is 1.20 bits per heavy atom. The monoisotopic (exact) mass is 278 g/mol. The maximum Gasteiger partial charge on any atom is 0.416 e. The molecule has 1 aromatic heterocycles. The summed E-state index contributed by atoms with van der Waals surface area (Å²) in [7, 11) is 0. The quantitative estimate of drug-likeness (QED) is 0.883. The minimum absolute atomic E-state index is 0.0157. The van der Waals surface area contributed by atoms with E-state index in [1.165, 1.54) is 24.3 Å². The molecule has 1 heterocycles. The third-order valence-corrected chi connectivity index (χ3v) is 2.49. The molecule has 0 fully saturated rings. The van der Waals surface area contributed by atoms with E-state index in [0.717, 1.165) is 12.1 Å². The standard InChI is InChI=1S/C13H9F3N4/c14-13(15,16)8-2-1-3-9(6-8)19-12-5-4-10(18)11(7-17)20-12/h1-6H,18H2,(H,19,20). The summed E-state index contributed by atoms with van der Waals surface area (Å²) in [5.41, 5.74) is 5.20. The molecule has 0 saturated carbocycles. The van der Waals surface area contributed by atoms with Crippen LogP contribution in [0.3, 0.4) is 0 Å². The highest BCUT2D eigenvalue weighted by Crippen LogP contribution is 2.31. The van der Waals surface area contributed by atoms with E-state index in [4.69, 9.17) is 11.0 Å². The van der Waals surface area contributed by atoms with Crippen molar-refractivity contribution in [3.8, 4) is 6.07 Å². The number of pyridine rings is 1. The molecule has 1 aromatic carbocycles. The van der Waals surface area contributed by atoms with Crippen LogP contribution < -0.4 is 11.1 Å². The lowest BCUT2D eigenvalue weighted by Gasteiger charge is -2.10. The first-order chi connectivity index (χ1) is 9.40. The lowest BCUT2D eigenvalue weighted by Crippen LogP contribution is -2.05. The van der Waals surface area contributed by atoms with Crippen LogP contribution in [0.2, 0.25) is 0 Å². The summed E-state index contributed by atoms with van der Waals surface area (Å²) >= 11 is 0. The first-order valence-corrected chi connectivity index (χ1v) is 5.51. The molecular weight excluding hydrogens is 269 g/mol. The number of halogens is 3. The molecule has 0 saturated heterocycles. The van der Waals surface area contributed by atoms with Gasteiger partial charge in [0.15, 0.2) is 5.69 Å². The largest absolute Gasteiger partial charge is 0.416 e. The highest BCUT2D eigenvalue weighted by molar-refractivity contribution is 5.61. The Morgan fingerprint density at radius 2 is 1.95 bits per heavy atom. The molecule has 0 aliphatic heterocycles. The number of anilines is 3. The van der Waals surface area contributed by atoms with E-state index in [1.807, 2.05) is 0 Å². The Morgan fingerprint density at radius 3 is 2.60 bits per heavy atom. The summed E-state index contributed by atoms with van der Waals surface area (Å²) in [4.78, 5) is 3.90. The predicted octanol–water partition coefficient (Wildman–Crippen LogP) is 3.30. The lowest BCUT2D eigenvalue weighted by molar-refractivity contribution is -0.137. The summed E-state index contributed by atoms with van der Waals surface area (Å²) in [5, 5.41) is 11.5. The van der Waals surface area contributed by atoms with E-state index in [2.05, 4.69) is 10.3 Å². The third-order valence-electron chi connectivity index (χ3n) is 2.49. The zero-order chi connectivity index (χ0) is 14.8. The highest BCUT2D eigenvalue weighted by Gasteiger charge is 2.30. The van der Waals surface area contributed by atoms with E-state index < -0.39 is 11.7 Å². The van der Waals surface area contributed by atoms with Crippen molar-refractivity contribution in [3.05, 3.63) is 47.7 Å². The fraction of sp³-hybridized carbons (Fsp3) is 0.0769. The maximum atomic E-state index is 12.6. The van der Waals surface area contributed by atoms with Crippen molar-refractivity contribution in [2.24, 2.45) is 0 Å². The fourth-order valence-corrected chi connectivity index (χ4v) is 1.55. The van der Waals surface area contributed by atoms with Crippen molar-refractivity contribution in [2.75, 3.05) is 11.1 Å². The first-order valence-electron chi connectivity index (χ1n) is 5.51. The number of nitrogen functional groups attached to an aromatic ring is 1. The molecule has 0 aliphatic carbocycles. The van der Waals surface area contributed by atoms with Crippen molar-refractivity contribution >= 4 is 17.2 Å². The van der Waals surface area contributed by atoms with Crippen molar-refractivity contribution in [2.45, 2.75) is 6.18 Å². The van der Waals surface area contributed by atoms with Gasteiger partial charge in [0.05, 0.1) is 11.3 Å². The summed E-state index contributed by atoms with van der Waals surface area (Å²) < 4.78 is 37.7. The molecule has 102 valence electrons. The van der Waals surface area contributed by atoms with Crippen molar-refractivity contribution in [1.82, 2.24) is 4.98 Å². The zero-order valence-corrected chi connectivity index (χ0v) is 10.1. The van der Waals surface area contributed by atoms with Crippen LogP contribution in [-0.4, -0.2) is 4.98 Å². The van der Waals surface area contributed by atoms with Crippen LogP contribution in [0.15, 0.2) is 36.4 Å². The lowest BCUT2D eigenvalue weighted by atomic mass is 10.2. The molecule has 0 unspecified atom stereocenters. The molecule has 0 bridgehead atoms. The third kappa shape index (κ3) is 2.98. The number of nitriles is 1. The van der Waals surface area contributed by atoms with Gasteiger partial charge in [-0.05, 0) is 30.3 Å². The van der Waals surface area contributed by atoms with Gasteiger partial charge in [0.1, 0.15) is 11.9 Å². The van der Waals surface area contributed by atoms with Gasteiger partial charge in [-0.1, -0.05) is 6.07 Å². The summed E-state index contributed by atoms with van der Waals surface area (Å²) in [6, 6.07) is 9.44. The number of benzene rings is 1. The molecule has 20 heavy (non-hydrogen) atoms. The van der Waals surface area contributed by atoms with Crippen molar-refractivity contribution in [3.63, 3.8) is 0 Å². The molecule has 0 amide bonds. The molecule has 0 spiro atoms. The van der Waals surface area contributed by atoms with Gasteiger partial charge in [-0.15, -0.1) is 0 Å². The van der Waals surface area contributed by atoms with Crippen LogP contribution >= 0.6 is 0 Å². The topological polar surface area (TPSA) is 74.7 Å². The smallest absolute Gasteiger partial charge is 0.396 e. The number of rotatable bonds is 2. The number of hydrogen-bond donors (Lipinski definition) is 2. The molecule has 2 aromatic rings. The second-order valence-corrected chi connectivity index (χ2v) is 3.95. The van der Waals surface area contributed by atoms with Crippen LogP contribution in [-0.2, 0) is 6.18 Å². The normalized spacial score (nSPS) is 10.9. The first kappa shape index (κ1) is 13.7. The van der Waals surface area contributed by atoms with Crippen LogP contribution in [0.4, 0.5) is 30.4 Å². The molecule has 0 aliphatic rings. The van der Waals surface area contributed by atoms with E-state index >= 15 is 0 Å².